The molecule has 0 N–H and O–H groups in total. The second-order valence-corrected chi connectivity index (χ2v) is 4.25. The molecule has 2 aliphatic heterocycles. The third-order valence-electron chi connectivity index (χ3n) is 2.39. The van der Waals surface area contributed by atoms with Crippen molar-refractivity contribution in [1.29, 1.82) is 0 Å². The summed E-state index contributed by atoms with van der Waals surface area (Å²) in [6.07, 6.45) is -2.19. The van der Waals surface area contributed by atoms with E-state index in [0.717, 1.165) is 0 Å². The number of hydrogen-bond donors (Lipinski definition) is 0. The smallest absolute Gasteiger partial charge is 0.302 e. The monoisotopic (exact) mass is 230 g/mol. The number of carbonyl (C=O) groups is 2. The Morgan fingerprint density at radius 1 is 1.44 bits per heavy atom. The van der Waals surface area contributed by atoms with Crippen LogP contribution in [0.5, 0.6) is 0 Å². The van der Waals surface area contributed by atoms with Crippen molar-refractivity contribution in [3.63, 3.8) is 0 Å². The van der Waals surface area contributed by atoms with Crippen molar-refractivity contribution in [2.24, 2.45) is 0 Å². The number of Topliss-reactive ketones (excluding diaryl/α,β-unsaturated/α-hetero) is 1. The molecule has 0 radical (unpaired) electrons. The van der Waals surface area contributed by atoms with Crippen molar-refractivity contribution < 1.29 is 28.5 Å². The van der Waals surface area contributed by atoms with Crippen LogP contribution in [0, 0.1) is 0 Å². The fourth-order valence-corrected chi connectivity index (χ4v) is 1.75. The lowest BCUT2D eigenvalue weighted by atomic mass is 10.2. The Kier molecular flexibility index (Phi) is 2.73. The first kappa shape index (κ1) is 11.5. The first-order valence-corrected chi connectivity index (χ1v) is 5.07. The highest BCUT2D eigenvalue weighted by atomic mass is 16.8. The molecule has 2 saturated heterocycles. The molecular weight excluding hydrogens is 216 g/mol. The zero-order chi connectivity index (χ0) is 11.9. The molecule has 16 heavy (non-hydrogen) atoms. The summed E-state index contributed by atoms with van der Waals surface area (Å²) in [5.74, 6) is -1.50. The van der Waals surface area contributed by atoms with Gasteiger partial charge in [0.15, 0.2) is 30.1 Å². The van der Waals surface area contributed by atoms with E-state index in [4.69, 9.17) is 18.9 Å². The summed E-state index contributed by atoms with van der Waals surface area (Å²) >= 11 is 0. The molecule has 2 heterocycles. The van der Waals surface area contributed by atoms with Crippen molar-refractivity contribution >= 4 is 11.8 Å². The molecule has 0 aliphatic carbocycles. The molecule has 0 amide bonds. The molecule has 6 heteroatoms. The van der Waals surface area contributed by atoms with E-state index in [9.17, 15) is 9.59 Å². The normalized spacial score (nSPS) is 36.2. The molecule has 3 unspecified atom stereocenters. The van der Waals surface area contributed by atoms with E-state index in [-0.39, 0.29) is 12.4 Å². The van der Waals surface area contributed by atoms with E-state index in [0.29, 0.717) is 0 Å². The largest absolute Gasteiger partial charge is 0.463 e. The van der Waals surface area contributed by atoms with Gasteiger partial charge in [0.2, 0.25) is 0 Å². The minimum Gasteiger partial charge on any atom is -0.463 e. The number of ketones is 1. The van der Waals surface area contributed by atoms with Crippen LogP contribution in [0.3, 0.4) is 0 Å². The summed E-state index contributed by atoms with van der Waals surface area (Å²) in [5, 5.41) is 0. The zero-order valence-corrected chi connectivity index (χ0v) is 9.39. The number of ether oxygens (including phenoxy) is 4. The Balaban J connectivity index is 1.95. The topological polar surface area (TPSA) is 71.1 Å². The maximum absolute atomic E-state index is 11.8. The Bertz CT molecular complexity index is 323. The van der Waals surface area contributed by atoms with Crippen LogP contribution >= 0.6 is 0 Å². The van der Waals surface area contributed by atoms with E-state index in [1.165, 1.54) is 6.92 Å². The zero-order valence-electron chi connectivity index (χ0n) is 9.39. The Hall–Kier alpha value is -0.980. The molecule has 0 aromatic heterocycles. The van der Waals surface area contributed by atoms with Crippen molar-refractivity contribution in [3.8, 4) is 0 Å². The fraction of sp³-hybridized carbons (Fsp3) is 0.800. The summed E-state index contributed by atoms with van der Waals surface area (Å²) < 4.78 is 20.8. The summed E-state index contributed by atoms with van der Waals surface area (Å²) in [4.78, 5) is 22.4. The molecule has 3 atom stereocenters. The van der Waals surface area contributed by atoms with Crippen molar-refractivity contribution in [2.45, 2.75) is 45.1 Å². The summed E-state index contributed by atoms with van der Waals surface area (Å²) in [6, 6.07) is 0. The predicted molar refractivity (Wildman–Crippen MR) is 50.3 cm³/mol. The quantitative estimate of drug-likeness (QED) is 0.621. The van der Waals surface area contributed by atoms with Crippen LogP contribution < -0.4 is 0 Å². The molecule has 0 bridgehead atoms. The first-order valence-electron chi connectivity index (χ1n) is 5.07. The number of esters is 1. The Morgan fingerprint density at radius 3 is 2.69 bits per heavy atom. The van der Waals surface area contributed by atoms with Gasteiger partial charge in [0.05, 0.1) is 0 Å². The summed E-state index contributed by atoms with van der Waals surface area (Å²) in [6.45, 7) is 4.61. The molecule has 0 aromatic rings. The number of fused-ring (bicyclic) bond motifs is 1. The fourth-order valence-electron chi connectivity index (χ4n) is 1.75. The number of rotatable bonds is 2. The highest BCUT2D eigenvalue weighted by molar-refractivity contribution is 5.90. The Labute approximate surface area is 92.8 Å². The van der Waals surface area contributed by atoms with E-state index < -0.39 is 30.3 Å². The Morgan fingerprint density at radius 2 is 2.12 bits per heavy atom. The van der Waals surface area contributed by atoms with Crippen molar-refractivity contribution in [3.05, 3.63) is 0 Å². The van der Waals surface area contributed by atoms with Crippen LogP contribution in [-0.4, -0.2) is 42.6 Å². The molecule has 0 spiro atoms. The second kappa shape index (κ2) is 3.80. The predicted octanol–water partition coefficient (Wildman–Crippen LogP) is -0.00500. The lowest BCUT2D eigenvalue weighted by Crippen LogP contribution is -2.33. The van der Waals surface area contributed by atoms with E-state index in [1.54, 1.807) is 13.8 Å². The van der Waals surface area contributed by atoms with Gasteiger partial charge in [-0.2, -0.15) is 0 Å². The van der Waals surface area contributed by atoms with Gasteiger partial charge in [0.1, 0.15) is 6.61 Å². The second-order valence-electron chi connectivity index (χ2n) is 4.25. The summed E-state index contributed by atoms with van der Waals surface area (Å²) in [5.41, 5.74) is 0. The van der Waals surface area contributed by atoms with Crippen molar-refractivity contribution in [1.82, 2.24) is 0 Å². The van der Waals surface area contributed by atoms with Gasteiger partial charge in [0, 0.05) is 6.92 Å². The van der Waals surface area contributed by atoms with Gasteiger partial charge in [-0.1, -0.05) is 0 Å². The summed E-state index contributed by atoms with van der Waals surface area (Å²) in [7, 11) is 0. The van der Waals surface area contributed by atoms with Crippen LogP contribution in [0.1, 0.15) is 20.8 Å². The molecule has 6 nitrogen and oxygen atoms in total. The van der Waals surface area contributed by atoms with E-state index in [2.05, 4.69) is 0 Å². The lowest BCUT2D eigenvalue weighted by Gasteiger charge is -2.19. The van der Waals surface area contributed by atoms with Gasteiger partial charge in [-0.15, -0.1) is 0 Å². The van der Waals surface area contributed by atoms with Gasteiger partial charge in [-0.25, -0.2) is 0 Å². The number of hydrogen-bond acceptors (Lipinski definition) is 6. The first-order chi connectivity index (χ1) is 7.39. The highest BCUT2D eigenvalue weighted by Gasteiger charge is 2.54. The minimum atomic E-state index is -0.808. The third kappa shape index (κ3) is 2.09. The minimum absolute atomic E-state index is 0.0890. The molecule has 2 fully saturated rings. The van der Waals surface area contributed by atoms with Gasteiger partial charge in [-0.05, 0) is 13.8 Å². The highest BCUT2D eigenvalue weighted by Crippen LogP contribution is 2.35. The average molecular weight is 230 g/mol. The molecule has 0 saturated carbocycles. The molecule has 2 rings (SSSR count). The SMILES string of the molecule is CC(=O)OCC1OC2OC(C)(C)OC2C1=O. The van der Waals surface area contributed by atoms with Crippen LogP contribution in [-0.2, 0) is 28.5 Å². The van der Waals surface area contributed by atoms with Crippen LogP contribution in [0.25, 0.3) is 0 Å². The number of carbonyl (C=O) groups excluding carboxylic acids is 2. The molecule has 2 aliphatic rings. The molecule has 90 valence electrons. The van der Waals surface area contributed by atoms with E-state index in [1.807, 2.05) is 0 Å². The molecule has 0 aromatic carbocycles. The standard InChI is InChI=1S/C10H14O6/c1-5(11)13-4-6-7(12)8-9(14-6)16-10(2,3)15-8/h6,8-9H,4H2,1-3H3. The van der Waals surface area contributed by atoms with Crippen LogP contribution in [0.2, 0.25) is 0 Å². The van der Waals surface area contributed by atoms with Crippen LogP contribution in [0.15, 0.2) is 0 Å². The van der Waals surface area contributed by atoms with Crippen molar-refractivity contribution in [2.75, 3.05) is 6.61 Å². The van der Waals surface area contributed by atoms with Gasteiger partial charge >= 0.3 is 5.97 Å². The van der Waals surface area contributed by atoms with E-state index >= 15 is 0 Å². The molecular formula is C10H14O6. The van der Waals surface area contributed by atoms with Gasteiger partial charge < -0.3 is 18.9 Å². The van der Waals surface area contributed by atoms with Crippen LogP contribution in [0.4, 0.5) is 0 Å². The maximum Gasteiger partial charge on any atom is 0.302 e. The van der Waals surface area contributed by atoms with Gasteiger partial charge in [0.25, 0.3) is 0 Å². The van der Waals surface area contributed by atoms with Gasteiger partial charge in [-0.3, -0.25) is 9.59 Å². The lowest BCUT2D eigenvalue weighted by molar-refractivity contribution is -0.209. The maximum atomic E-state index is 11.8. The average Bonchev–Trinajstić information content (AvgIpc) is 2.58. The third-order valence-corrected chi connectivity index (χ3v) is 2.39.